The van der Waals surface area contributed by atoms with E-state index < -0.39 is 5.97 Å². The number of ether oxygens (including phenoxy) is 2. The van der Waals surface area contributed by atoms with Gasteiger partial charge in [0.15, 0.2) is 0 Å². The molecule has 3 aromatic rings. The van der Waals surface area contributed by atoms with Gasteiger partial charge in [0.05, 0.1) is 24.2 Å². The van der Waals surface area contributed by atoms with Gasteiger partial charge in [0.1, 0.15) is 5.75 Å². The molecule has 0 aliphatic rings. The van der Waals surface area contributed by atoms with Crippen molar-refractivity contribution in [3.8, 4) is 17.0 Å². The van der Waals surface area contributed by atoms with Crippen LogP contribution in [-0.2, 0) is 16.0 Å². The molecule has 0 saturated carbocycles. The van der Waals surface area contributed by atoms with Crippen molar-refractivity contribution in [3.63, 3.8) is 0 Å². The molecule has 0 aliphatic carbocycles. The highest BCUT2D eigenvalue weighted by Crippen LogP contribution is 2.23. The van der Waals surface area contributed by atoms with Crippen LogP contribution in [0.5, 0.6) is 5.75 Å². The average Bonchev–Trinajstić information content (AvgIpc) is 2.70. The molecule has 1 heterocycles. The molecule has 0 radical (unpaired) electrons. The van der Waals surface area contributed by atoms with Crippen molar-refractivity contribution >= 4 is 16.9 Å². The van der Waals surface area contributed by atoms with Crippen LogP contribution < -0.4 is 9.34 Å². The lowest BCUT2D eigenvalue weighted by Gasteiger charge is -2.03. The Hall–Kier alpha value is -3.41. The number of esters is 1. The number of hydrogen-bond acceptors (Lipinski definition) is 5. The van der Waals surface area contributed by atoms with Crippen LogP contribution in [0.4, 0.5) is 0 Å². The van der Waals surface area contributed by atoms with Gasteiger partial charge >= 0.3 is 11.7 Å². The molecule has 138 valence electrons. The van der Waals surface area contributed by atoms with Crippen molar-refractivity contribution in [2.24, 2.45) is 0 Å². The van der Waals surface area contributed by atoms with E-state index in [1.807, 2.05) is 30.3 Å². The Morgan fingerprint density at radius 3 is 2.67 bits per heavy atom. The fourth-order valence-electron chi connectivity index (χ4n) is 2.73. The average molecular weight is 366 g/mol. The molecule has 27 heavy (non-hydrogen) atoms. The van der Waals surface area contributed by atoms with E-state index in [0.717, 1.165) is 28.3 Å². The molecular weight excluding hydrogens is 346 g/mol. The van der Waals surface area contributed by atoms with E-state index in [2.05, 4.69) is 6.58 Å². The van der Waals surface area contributed by atoms with Crippen molar-refractivity contribution in [2.45, 2.75) is 12.8 Å². The van der Waals surface area contributed by atoms with Crippen molar-refractivity contribution < 1.29 is 23.4 Å². The van der Waals surface area contributed by atoms with E-state index in [9.17, 15) is 9.70 Å². The maximum Gasteiger partial charge on any atom is 0.330 e. The topological polar surface area (TPSA) is 71.6 Å². The predicted molar refractivity (Wildman–Crippen MR) is 101 cm³/mol. The van der Waals surface area contributed by atoms with Crippen molar-refractivity contribution in [3.05, 3.63) is 71.7 Å². The standard InChI is InChI=1S/C21H20NO5/c1-3-21(23)26-12-4-5-15-6-7-17-14-19(22(24)27-20(17)13-15)16-8-10-18(25-2)11-9-16/h3,6-11,13-14H,1,4-5,12H2,2H3/q+1. The van der Waals surface area contributed by atoms with Crippen LogP contribution in [0.3, 0.4) is 0 Å². The van der Waals surface area contributed by atoms with Crippen LogP contribution >= 0.6 is 0 Å². The molecule has 2 aromatic carbocycles. The van der Waals surface area contributed by atoms with Gasteiger partial charge in [-0.25, -0.2) is 4.79 Å². The molecule has 3 rings (SSSR count). The number of hydrogen-bond donors (Lipinski definition) is 0. The first kappa shape index (κ1) is 18.4. The molecule has 0 atom stereocenters. The summed E-state index contributed by atoms with van der Waals surface area (Å²) in [6, 6.07) is 14.7. The molecule has 0 aliphatic heterocycles. The fourth-order valence-corrected chi connectivity index (χ4v) is 2.73. The quantitative estimate of drug-likeness (QED) is 0.362. The van der Waals surface area contributed by atoms with Gasteiger partial charge in [-0.2, -0.15) is 4.52 Å². The second kappa shape index (κ2) is 8.31. The lowest BCUT2D eigenvalue weighted by Crippen LogP contribution is -2.16. The largest absolute Gasteiger partial charge is 0.497 e. The van der Waals surface area contributed by atoms with Crippen LogP contribution in [0.1, 0.15) is 12.0 Å². The summed E-state index contributed by atoms with van der Waals surface area (Å²) in [4.78, 5) is 23.3. The monoisotopic (exact) mass is 366 g/mol. The minimum absolute atomic E-state index is 0.317. The molecule has 0 saturated heterocycles. The van der Waals surface area contributed by atoms with Gasteiger partial charge in [0, 0.05) is 17.5 Å². The number of nitrogens with zero attached hydrogens (tertiary/aromatic N) is 1. The molecule has 0 spiro atoms. The summed E-state index contributed by atoms with van der Waals surface area (Å²) >= 11 is 0. The molecule has 0 fully saturated rings. The number of carbonyl (C=O) groups excluding carboxylic acids is 1. The van der Waals surface area contributed by atoms with E-state index in [1.54, 1.807) is 25.3 Å². The molecule has 6 nitrogen and oxygen atoms in total. The van der Waals surface area contributed by atoms with Crippen LogP contribution in [0.25, 0.3) is 22.2 Å². The Morgan fingerprint density at radius 2 is 1.96 bits per heavy atom. The molecular formula is C21H20NO5+. The van der Waals surface area contributed by atoms with Gasteiger partial charge in [-0.15, -0.1) is 0 Å². The first-order chi connectivity index (χ1) is 13.1. The van der Waals surface area contributed by atoms with Crippen LogP contribution in [0.2, 0.25) is 0 Å². The third kappa shape index (κ3) is 4.41. The summed E-state index contributed by atoms with van der Waals surface area (Å²) in [6.07, 6.45) is 2.52. The van der Waals surface area contributed by atoms with Gasteiger partial charge in [-0.1, -0.05) is 18.7 Å². The van der Waals surface area contributed by atoms with Gasteiger partial charge in [0.25, 0.3) is 4.60 Å². The Labute approximate surface area is 156 Å². The smallest absolute Gasteiger partial charge is 0.330 e. The van der Waals surface area contributed by atoms with E-state index in [-0.39, 0.29) is 0 Å². The predicted octanol–water partition coefficient (Wildman–Crippen LogP) is 3.68. The van der Waals surface area contributed by atoms with E-state index in [1.165, 1.54) is 0 Å². The summed E-state index contributed by atoms with van der Waals surface area (Å²) in [5, 5.41) is 0.828. The van der Waals surface area contributed by atoms with Gasteiger partial charge in [-0.3, -0.25) is 0 Å². The maximum absolute atomic E-state index is 12.3. The number of fused-ring (bicyclic) bond motifs is 1. The second-order valence-corrected chi connectivity index (χ2v) is 5.95. The second-order valence-electron chi connectivity index (χ2n) is 5.95. The summed E-state index contributed by atoms with van der Waals surface area (Å²) < 4.78 is 16.0. The number of rotatable bonds is 7. The molecule has 0 unspecified atom stereocenters. The van der Waals surface area contributed by atoms with Crippen molar-refractivity contribution in [1.29, 1.82) is 0 Å². The summed E-state index contributed by atoms with van der Waals surface area (Å²) in [6.45, 7) is 3.67. The van der Waals surface area contributed by atoms with E-state index in [4.69, 9.17) is 14.0 Å². The zero-order valence-corrected chi connectivity index (χ0v) is 15.0. The van der Waals surface area contributed by atoms with Crippen LogP contribution in [0, 0.1) is 4.91 Å². The maximum atomic E-state index is 12.3. The fraction of sp³-hybridized carbons (Fsp3) is 0.190. The normalized spacial score (nSPS) is 10.6. The Kier molecular flexibility index (Phi) is 5.66. The molecule has 0 bridgehead atoms. The van der Waals surface area contributed by atoms with Gasteiger partial charge in [0.2, 0.25) is 5.58 Å². The molecule has 0 amide bonds. The highest BCUT2D eigenvalue weighted by Gasteiger charge is 2.17. The number of carbonyl (C=O) groups is 1. The first-order valence-corrected chi connectivity index (χ1v) is 8.54. The molecule has 6 heteroatoms. The van der Waals surface area contributed by atoms with Gasteiger partial charge < -0.3 is 9.47 Å². The van der Waals surface area contributed by atoms with Crippen LogP contribution in [0.15, 0.2) is 65.7 Å². The van der Waals surface area contributed by atoms with E-state index in [0.29, 0.717) is 35.3 Å². The third-order valence-electron chi connectivity index (χ3n) is 4.15. The summed E-state index contributed by atoms with van der Waals surface area (Å²) in [5.74, 6) is 0.291. The summed E-state index contributed by atoms with van der Waals surface area (Å²) in [5.41, 5.74) is 2.67. The third-order valence-corrected chi connectivity index (χ3v) is 4.15. The Bertz CT molecular complexity index is 1020. The number of aromatic nitrogens is 1. The lowest BCUT2D eigenvalue weighted by atomic mass is 10.1. The SMILES string of the molecule is C=CC(=O)OCCCc1ccc2cc(-c3ccc(OC)cc3)[n+](=O)oc2c1. The number of aryl methyl sites for hydroxylation is 1. The molecule has 1 aromatic heterocycles. The minimum atomic E-state index is -0.429. The zero-order chi connectivity index (χ0) is 19.2. The van der Waals surface area contributed by atoms with E-state index >= 15 is 0 Å². The van der Waals surface area contributed by atoms with Gasteiger partial charge in [-0.05, 0) is 48.7 Å². The Morgan fingerprint density at radius 1 is 1.19 bits per heavy atom. The zero-order valence-electron chi connectivity index (χ0n) is 15.0. The highest BCUT2D eigenvalue weighted by atomic mass is 16.6. The Balaban J connectivity index is 1.79. The van der Waals surface area contributed by atoms with Crippen molar-refractivity contribution in [2.75, 3.05) is 13.7 Å². The first-order valence-electron chi connectivity index (χ1n) is 8.54. The van der Waals surface area contributed by atoms with Crippen LogP contribution in [-0.4, -0.2) is 19.7 Å². The highest BCUT2D eigenvalue weighted by molar-refractivity contribution is 5.81. The molecule has 0 N–H and O–H groups in total. The lowest BCUT2D eigenvalue weighted by molar-refractivity contribution is -0.692. The number of benzene rings is 2. The minimum Gasteiger partial charge on any atom is -0.497 e. The van der Waals surface area contributed by atoms with Crippen molar-refractivity contribution in [1.82, 2.24) is 0 Å². The number of methoxy groups -OCH3 is 1. The summed E-state index contributed by atoms with van der Waals surface area (Å²) in [7, 11) is 1.59.